The molecule has 0 aromatic carbocycles. The van der Waals surface area contributed by atoms with Gasteiger partial charge in [-0.2, -0.15) is 0 Å². The van der Waals surface area contributed by atoms with Crippen LogP contribution in [-0.2, 0) is 4.79 Å². The molecule has 0 aromatic rings. The van der Waals surface area contributed by atoms with Crippen molar-refractivity contribution >= 4 is 5.91 Å². The van der Waals surface area contributed by atoms with Gasteiger partial charge in [0, 0.05) is 19.1 Å². The van der Waals surface area contributed by atoms with E-state index in [2.05, 4.69) is 31.1 Å². The molecule has 0 bridgehead atoms. The predicted octanol–water partition coefficient (Wildman–Crippen LogP) is 0.324. The van der Waals surface area contributed by atoms with Gasteiger partial charge in [-0.3, -0.25) is 4.79 Å². The Morgan fingerprint density at radius 1 is 1.53 bits per heavy atom. The molecular weight excluding hydrogens is 190 g/mol. The van der Waals surface area contributed by atoms with Crippen LogP contribution in [-0.4, -0.2) is 42.5 Å². The average Bonchev–Trinajstić information content (AvgIpc) is 2.21. The number of nitrogens with one attached hydrogen (secondary N) is 1. The third-order valence-electron chi connectivity index (χ3n) is 3.45. The van der Waals surface area contributed by atoms with E-state index in [0.717, 1.165) is 32.4 Å². The van der Waals surface area contributed by atoms with Crippen LogP contribution in [0.25, 0.3) is 0 Å². The zero-order valence-electron chi connectivity index (χ0n) is 10.0. The van der Waals surface area contributed by atoms with E-state index in [4.69, 9.17) is 5.73 Å². The Morgan fingerprint density at radius 3 is 2.47 bits per heavy atom. The van der Waals surface area contributed by atoms with Crippen LogP contribution in [0.4, 0.5) is 0 Å². The minimum absolute atomic E-state index is 0.198. The number of hydrogen-bond acceptors (Lipinski definition) is 3. The first-order valence-electron chi connectivity index (χ1n) is 5.76. The Morgan fingerprint density at radius 2 is 2.07 bits per heavy atom. The number of nitrogens with two attached hydrogens (primary N) is 1. The van der Waals surface area contributed by atoms with Crippen LogP contribution >= 0.6 is 0 Å². The molecule has 1 amide bonds. The van der Waals surface area contributed by atoms with E-state index < -0.39 is 5.54 Å². The molecule has 4 heteroatoms. The highest BCUT2D eigenvalue weighted by atomic mass is 16.1. The van der Waals surface area contributed by atoms with Gasteiger partial charge in [0.15, 0.2) is 0 Å². The zero-order chi connectivity index (χ0) is 11.5. The number of piperidine rings is 1. The van der Waals surface area contributed by atoms with E-state index in [1.165, 1.54) is 0 Å². The molecule has 1 aliphatic rings. The second-order valence-electron chi connectivity index (χ2n) is 4.70. The first kappa shape index (κ1) is 12.5. The molecule has 1 saturated heterocycles. The first-order valence-corrected chi connectivity index (χ1v) is 5.76. The van der Waals surface area contributed by atoms with Gasteiger partial charge in [0.1, 0.15) is 5.54 Å². The third kappa shape index (κ3) is 2.92. The van der Waals surface area contributed by atoms with Crippen LogP contribution in [0, 0.1) is 0 Å². The fraction of sp³-hybridized carbons (Fsp3) is 0.909. The van der Waals surface area contributed by atoms with Crippen molar-refractivity contribution in [2.75, 3.05) is 20.1 Å². The van der Waals surface area contributed by atoms with Crippen LogP contribution in [0.2, 0.25) is 0 Å². The lowest BCUT2D eigenvalue weighted by molar-refractivity contribution is -0.126. The summed E-state index contributed by atoms with van der Waals surface area (Å²) >= 11 is 0. The second-order valence-corrected chi connectivity index (χ2v) is 4.70. The lowest BCUT2D eigenvalue weighted by atomic mass is 9.86. The number of nitrogens with zero attached hydrogens (tertiary/aromatic N) is 1. The molecule has 3 N–H and O–H groups in total. The molecule has 1 atom stereocenters. The number of primary amides is 1. The van der Waals surface area contributed by atoms with E-state index in [1.807, 2.05) is 0 Å². The van der Waals surface area contributed by atoms with Gasteiger partial charge in [-0.1, -0.05) is 6.92 Å². The van der Waals surface area contributed by atoms with Crippen molar-refractivity contribution < 1.29 is 4.79 Å². The topological polar surface area (TPSA) is 58.4 Å². The summed E-state index contributed by atoms with van der Waals surface area (Å²) in [5, 5.41) is 3.40. The van der Waals surface area contributed by atoms with E-state index >= 15 is 0 Å². The van der Waals surface area contributed by atoms with E-state index in [9.17, 15) is 4.79 Å². The molecule has 88 valence electrons. The van der Waals surface area contributed by atoms with Crippen molar-refractivity contribution in [3.05, 3.63) is 0 Å². The second kappa shape index (κ2) is 4.94. The third-order valence-corrected chi connectivity index (χ3v) is 3.45. The molecule has 0 spiro atoms. The molecule has 15 heavy (non-hydrogen) atoms. The SMILES string of the molecule is CCC(C)NC1(C(N)=O)CCN(C)CC1. The van der Waals surface area contributed by atoms with Crippen molar-refractivity contribution in [2.24, 2.45) is 5.73 Å². The summed E-state index contributed by atoms with van der Waals surface area (Å²) in [7, 11) is 2.08. The van der Waals surface area contributed by atoms with Crippen molar-refractivity contribution in [3.8, 4) is 0 Å². The smallest absolute Gasteiger partial charge is 0.237 e. The molecule has 0 radical (unpaired) electrons. The minimum atomic E-state index is -0.470. The monoisotopic (exact) mass is 213 g/mol. The van der Waals surface area contributed by atoms with Gasteiger partial charge in [-0.05, 0) is 33.2 Å². The lowest BCUT2D eigenvalue weighted by Gasteiger charge is -2.40. The summed E-state index contributed by atoms with van der Waals surface area (Å²) in [6, 6.07) is 0.348. The van der Waals surface area contributed by atoms with Crippen molar-refractivity contribution in [2.45, 2.75) is 44.7 Å². The van der Waals surface area contributed by atoms with Crippen LogP contribution in [0.1, 0.15) is 33.1 Å². The first-order chi connectivity index (χ1) is 7.00. The summed E-state index contributed by atoms with van der Waals surface area (Å²) in [5.74, 6) is -0.198. The fourth-order valence-electron chi connectivity index (χ4n) is 2.04. The molecule has 0 saturated carbocycles. The maximum atomic E-state index is 11.6. The van der Waals surface area contributed by atoms with Crippen LogP contribution in [0.15, 0.2) is 0 Å². The predicted molar refractivity (Wildman–Crippen MR) is 61.5 cm³/mol. The molecule has 1 heterocycles. The van der Waals surface area contributed by atoms with Gasteiger partial charge in [-0.15, -0.1) is 0 Å². The molecule has 0 aliphatic carbocycles. The number of carbonyl (C=O) groups excluding carboxylic acids is 1. The molecule has 1 fully saturated rings. The zero-order valence-corrected chi connectivity index (χ0v) is 10.0. The number of carbonyl (C=O) groups is 1. The number of hydrogen-bond donors (Lipinski definition) is 2. The Balaban J connectivity index is 2.67. The fourth-order valence-corrected chi connectivity index (χ4v) is 2.04. The highest BCUT2D eigenvalue weighted by Gasteiger charge is 2.39. The van der Waals surface area contributed by atoms with Gasteiger partial charge < -0.3 is 16.0 Å². The maximum absolute atomic E-state index is 11.6. The number of amides is 1. The van der Waals surface area contributed by atoms with E-state index in [0.29, 0.717) is 6.04 Å². The van der Waals surface area contributed by atoms with Crippen LogP contribution in [0.3, 0.4) is 0 Å². The van der Waals surface area contributed by atoms with E-state index in [-0.39, 0.29) is 5.91 Å². The molecule has 1 unspecified atom stereocenters. The highest BCUT2D eigenvalue weighted by molar-refractivity contribution is 5.84. The maximum Gasteiger partial charge on any atom is 0.237 e. The van der Waals surface area contributed by atoms with Crippen molar-refractivity contribution in [1.82, 2.24) is 10.2 Å². The van der Waals surface area contributed by atoms with E-state index in [1.54, 1.807) is 0 Å². The summed E-state index contributed by atoms with van der Waals surface area (Å²) < 4.78 is 0. The normalized spacial score (nSPS) is 23.7. The molecule has 1 rings (SSSR count). The average molecular weight is 213 g/mol. The van der Waals surface area contributed by atoms with Crippen LogP contribution in [0.5, 0.6) is 0 Å². The molecular formula is C11H23N3O. The van der Waals surface area contributed by atoms with Gasteiger partial charge >= 0.3 is 0 Å². The number of rotatable bonds is 4. The lowest BCUT2D eigenvalue weighted by Crippen LogP contribution is -2.62. The summed E-state index contributed by atoms with van der Waals surface area (Å²) in [6.45, 7) is 6.09. The Kier molecular flexibility index (Phi) is 4.11. The van der Waals surface area contributed by atoms with Gasteiger partial charge in [0.2, 0.25) is 5.91 Å². The standard InChI is InChI=1S/C11H23N3O/c1-4-9(2)13-11(10(12)15)5-7-14(3)8-6-11/h9,13H,4-8H2,1-3H3,(H2,12,15). The van der Waals surface area contributed by atoms with Crippen LogP contribution < -0.4 is 11.1 Å². The number of likely N-dealkylation sites (tertiary alicyclic amines) is 1. The van der Waals surface area contributed by atoms with Gasteiger partial charge in [0.25, 0.3) is 0 Å². The van der Waals surface area contributed by atoms with Crippen molar-refractivity contribution in [3.63, 3.8) is 0 Å². The highest BCUT2D eigenvalue weighted by Crippen LogP contribution is 2.22. The summed E-state index contributed by atoms with van der Waals surface area (Å²) in [5.41, 5.74) is 5.06. The Bertz CT molecular complexity index is 222. The Labute approximate surface area is 92.2 Å². The van der Waals surface area contributed by atoms with Gasteiger partial charge in [-0.25, -0.2) is 0 Å². The minimum Gasteiger partial charge on any atom is -0.368 e. The quantitative estimate of drug-likeness (QED) is 0.707. The largest absolute Gasteiger partial charge is 0.368 e. The molecule has 1 aliphatic heterocycles. The Hall–Kier alpha value is -0.610. The summed E-state index contributed by atoms with van der Waals surface area (Å²) in [6.07, 6.45) is 2.66. The molecule has 4 nitrogen and oxygen atoms in total. The van der Waals surface area contributed by atoms with Crippen molar-refractivity contribution in [1.29, 1.82) is 0 Å². The summed E-state index contributed by atoms with van der Waals surface area (Å²) in [4.78, 5) is 13.8. The van der Waals surface area contributed by atoms with Gasteiger partial charge in [0.05, 0.1) is 0 Å². The molecule has 0 aromatic heterocycles.